The normalized spacial score (nSPS) is 16.3. The predicted molar refractivity (Wildman–Crippen MR) is 64.4 cm³/mol. The lowest BCUT2D eigenvalue weighted by molar-refractivity contribution is 0.433. The maximum Gasteiger partial charge on any atom is 0.213 e. The Kier molecular flexibility index (Phi) is 7.13. The second-order valence-electron chi connectivity index (χ2n) is 3.96. The van der Waals surface area contributed by atoms with Crippen molar-refractivity contribution >= 4 is 10.0 Å². The van der Waals surface area contributed by atoms with Gasteiger partial charge in [0.1, 0.15) is 0 Å². The molecule has 0 heterocycles. The van der Waals surface area contributed by atoms with Gasteiger partial charge in [-0.1, -0.05) is 27.2 Å². The molecular formula is C10H24N2O2S. The molecule has 2 N–H and O–H groups in total. The maximum absolute atomic E-state index is 11.6. The van der Waals surface area contributed by atoms with Gasteiger partial charge in [-0.3, -0.25) is 0 Å². The highest BCUT2D eigenvalue weighted by atomic mass is 32.2. The van der Waals surface area contributed by atoms with Gasteiger partial charge in [0, 0.05) is 12.6 Å². The van der Waals surface area contributed by atoms with Crippen LogP contribution in [-0.4, -0.2) is 33.3 Å². The SMILES string of the molecule is CCNCCS(=O)(=O)NC(C)C(C)CC. The summed E-state index contributed by atoms with van der Waals surface area (Å²) in [5.74, 6) is 0.528. The third-order valence-electron chi connectivity index (χ3n) is 2.66. The van der Waals surface area contributed by atoms with Crippen LogP contribution in [0.2, 0.25) is 0 Å². The first kappa shape index (κ1) is 14.9. The van der Waals surface area contributed by atoms with Gasteiger partial charge in [-0.15, -0.1) is 0 Å². The summed E-state index contributed by atoms with van der Waals surface area (Å²) in [7, 11) is -3.12. The second-order valence-corrected chi connectivity index (χ2v) is 5.84. The zero-order valence-corrected chi connectivity index (χ0v) is 11.0. The number of hydrogen-bond acceptors (Lipinski definition) is 3. The van der Waals surface area contributed by atoms with Crippen LogP contribution in [0.4, 0.5) is 0 Å². The van der Waals surface area contributed by atoms with E-state index < -0.39 is 10.0 Å². The van der Waals surface area contributed by atoms with Crippen molar-refractivity contribution in [3.8, 4) is 0 Å². The molecule has 0 amide bonds. The molecule has 0 rings (SSSR count). The van der Waals surface area contributed by atoms with Gasteiger partial charge in [0.25, 0.3) is 0 Å². The maximum atomic E-state index is 11.6. The van der Waals surface area contributed by atoms with Crippen LogP contribution in [0.15, 0.2) is 0 Å². The van der Waals surface area contributed by atoms with E-state index >= 15 is 0 Å². The highest BCUT2D eigenvalue weighted by Gasteiger charge is 2.17. The Balaban J connectivity index is 4.02. The molecule has 0 fully saturated rings. The van der Waals surface area contributed by atoms with Crippen molar-refractivity contribution in [2.24, 2.45) is 5.92 Å². The first-order chi connectivity index (χ1) is 6.93. The van der Waals surface area contributed by atoms with Crippen LogP contribution in [0.25, 0.3) is 0 Å². The van der Waals surface area contributed by atoms with Gasteiger partial charge in [-0.2, -0.15) is 0 Å². The summed E-state index contributed by atoms with van der Waals surface area (Å²) in [6.07, 6.45) is 0.983. The number of rotatable bonds is 8. The van der Waals surface area contributed by atoms with E-state index in [1.54, 1.807) is 0 Å². The Morgan fingerprint density at radius 2 is 1.80 bits per heavy atom. The van der Waals surface area contributed by atoms with Crippen LogP contribution in [0.5, 0.6) is 0 Å². The first-order valence-electron chi connectivity index (χ1n) is 5.63. The number of sulfonamides is 1. The molecule has 2 unspecified atom stereocenters. The molecule has 0 aromatic carbocycles. The van der Waals surface area contributed by atoms with Crippen LogP contribution >= 0.6 is 0 Å². The third kappa shape index (κ3) is 6.87. The topological polar surface area (TPSA) is 58.2 Å². The third-order valence-corrected chi connectivity index (χ3v) is 4.13. The van der Waals surface area contributed by atoms with Crippen molar-refractivity contribution in [2.75, 3.05) is 18.8 Å². The average Bonchev–Trinajstić information content (AvgIpc) is 2.16. The van der Waals surface area contributed by atoms with Crippen molar-refractivity contribution in [3.05, 3.63) is 0 Å². The van der Waals surface area contributed by atoms with Gasteiger partial charge >= 0.3 is 0 Å². The van der Waals surface area contributed by atoms with Gasteiger partial charge in [-0.05, 0) is 19.4 Å². The minimum atomic E-state index is -3.12. The fourth-order valence-corrected chi connectivity index (χ4v) is 2.52. The van der Waals surface area contributed by atoms with E-state index in [1.807, 2.05) is 13.8 Å². The minimum Gasteiger partial charge on any atom is -0.316 e. The largest absolute Gasteiger partial charge is 0.316 e. The minimum absolute atomic E-state index is 0.0154. The van der Waals surface area contributed by atoms with Crippen LogP contribution in [0, 0.1) is 5.92 Å². The summed E-state index contributed by atoms with van der Waals surface area (Å²) in [5.41, 5.74) is 0. The van der Waals surface area contributed by atoms with Gasteiger partial charge in [0.2, 0.25) is 10.0 Å². The highest BCUT2D eigenvalue weighted by molar-refractivity contribution is 7.89. The Labute approximate surface area is 93.9 Å². The van der Waals surface area contributed by atoms with Crippen LogP contribution in [0.1, 0.15) is 34.1 Å². The summed E-state index contributed by atoms with van der Waals surface area (Å²) >= 11 is 0. The van der Waals surface area contributed by atoms with Crippen molar-refractivity contribution in [1.29, 1.82) is 0 Å². The van der Waals surface area contributed by atoms with E-state index in [4.69, 9.17) is 0 Å². The van der Waals surface area contributed by atoms with E-state index in [-0.39, 0.29) is 11.8 Å². The summed E-state index contributed by atoms with van der Waals surface area (Å²) in [6.45, 7) is 9.31. The van der Waals surface area contributed by atoms with Crippen LogP contribution in [-0.2, 0) is 10.0 Å². The fraction of sp³-hybridized carbons (Fsp3) is 1.00. The molecule has 0 bridgehead atoms. The smallest absolute Gasteiger partial charge is 0.213 e. The summed E-state index contributed by atoms with van der Waals surface area (Å²) in [5, 5.41) is 3.00. The molecule has 0 aliphatic carbocycles. The first-order valence-corrected chi connectivity index (χ1v) is 7.28. The van der Waals surface area contributed by atoms with E-state index in [9.17, 15) is 8.42 Å². The molecular weight excluding hydrogens is 212 g/mol. The van der Waals surface area contributed by atoms with Crippen molar-refractivity contribution in [1.82, 2.24) is 10.0 Å². The standard InChI is InChI=1S/C10H24N2O2S/c1-5-9(3)10(4)12-15(13,14)8-7-11-6-2/h9-12H,5-8H2,1-4H3. The molecule has 0 aromatic heterocycles. The van der Waals surface area contributed by atoms with E-state index in [2.05, 4.69) is 23.9 Å². The predicted octanol–water partition coefficient (Wildman–Crippen LogP) is 0.950. The van der Waals surface area contributed by atoms with Crippen LogP contribution in [0.3, 0.4) is 0 Å². The zero-order valence-electron chi connectivity index (χ0n) is 10.2. The summed E-state index contributed by atoms with van der Waals surface area (Å²) in [6, 6.07) is 0.0154. The Morgan fingerprint density at radius 3 is 2.27 bits per heavy atom. The molecule has 5 heteroatoms. The summed E-state index contributed by atoms with van der Waals surface area (Å²) < 4.78 is 25.9. The van der Waals surface area contributed by atoms with Gasteiger partial charge in [0.05, 0.1) is 5.75 Å². The zero-order chi connectivity index (χ0) is 11.9. The number of hydrogen-bond donors (Lipinski definition) is 2. The summed E-state index contributed by atoms with van der Waals surface area (Å²) in [4.78, 5) is 0. The fourth-order valence-electron chi connectivity index (χ4n) is 1.20. The van der Waals surface area contributed by atoms with Crippen molar-refractivity contribution < 1.29 is 8.42 Å². The van der Waals surface area contributed by atoms with E-state index in [1.165, 1.54) is 0 Å². The molecule has 92 valence electrons. The van der Waals surface area contributed by atoms with Gasteiger partial charge in [-0.25, -0.2) is 13.1 Å². The quantitative estimate of drug-likeness (QED) is 0.617. The lowest BCUT2D eigenvalue weighted by Gasteiger charge is -2.19. The van der Waals surface area contributed by atoms with Crippen molar-refractivity contribution in [2.45, 2.75) is 40.2 Å². The Hall–Kier alpha value is -0.130. The molecule has 0 aromatic rings. The second kappa shape index (κ2) is 7.19. The monoisotopic (exact) mass is 236 g/mol. The molecule has 0 radical (unpaired) electrons. The lowest BCUT2D eigenvalue weighted by Crippen LogP contribution is -2.40. The lowest BCUT2D eigenvalue weighted by atomic mass is 10.0. The highest BCUT2D eigenvalue weighted by Crippen LogP contribution is 2.07. The molecule has 0 saturated heterocycles. The number of nitrogens with one attached hydrogen (secondary N) is 2. The Morgan fingerprint density at radius 1 is 1.20 bits per heavy atom. The molecule has 0 spiro atoms. The van der Waals surface area contributed by atoms with E-state index in [0.29, 0.717) is 12.5 Å². The van der Waals surface area contributed by atoms with Crippen molar-refractivity contribution in [3.63, 3.8) is 0 Å². The molecule has 4 nitrogen and oxygen atoms in total. The molecule has 0 saturated carbocycles. The molecule has 0 aliphatic rings. The van der Waals surface area contributed by atoms with E-state index in [0.717, 1.165) is 13.0 Å². The molecule has 0 aliphatic heterocycles. The average molecular weight is 236 g/mol. The van der Waals surface area contributed by atoms with Crippen LogP contribution < -0.4 is 10.0 Å². The Bertz CT molecular complexity index is 252. The molecule has 2 atom stereocenters. The van der Waals surface area contributed by atoms with Gasteiger partial charge < -0.3 is 5.32 Å². The van der Waals surface area contributed by atoms with Gasteiger partial charge in [0.15, 0.2) is 0 Å². The molecule has 15 heavy (non-hydrogen) atoms.